The maximum atomic E-state index is 5.79. The highest BCUT2D eigenvalue weighted by Crippen LogP contribution is 2.27. The molecular formula is C12H16ClNO. The smallest absolute Gasteiger partial charge is 0.123 e. The van der Waals surface area contributed by atoms with Crippen LogP contribution in [0.5, 0.6) is 5.75 Å². The summed E-state index contributed by atoms with van der Waals surface area (Å²) in [5.74, 6) is 1.76. The van der Waals surface area contributed by atoms with Crippen LogP contribution < -0.4 is 10.1 Å². The van der Waals surface area contributed by atoms with Crippen LogP contribution >= 0.6 is 11.6 Å². The summed E-state index contributed by atoms with van der Waals surface area (Å²) in [5, 5.41) is 3.35. The zero-order chi connectivity index (χ0) is 10.5. The Bertz CT molecular complexity index is 291. The number of para-hydroxylation sites is 1. The normalized spacial score (nSPS) is 18.6. The minimum absolute atomic E-state index is 0.290. The third-order valence-electron chi connectivity index (χ3n) is 2.57. The lowest BCUT2D eigenvalue weighted by Crippen LogP contribution is -2.30. The molecule has 2 nitrogen and oxygen atoms in total. The first-order valence-corrected chi connectivity index (χ1v) is 5.95. The maximum absolute atomic E-state index is 5.79. The van der Waals surface area contributed by atoms with Gasteiger partial charge in [0.1, 0.15) is 11.9 Å². The molecule has 1 N–H and O–H groups in total. The van der Waals surface area contributed by atoms with Crippen LogP contribution in [-0.4, -0.2) is 25.1 Å². The standard InChI is InChI=1S/C12H16ClNO/c13-6-3-7-14-9-11-8-10-4-1-2-5-12(10)15-11/h1-2,4-5,11,14H,3,6-9H2. The lowest BCUT2D eigenvalue weighted by atomic mass is 10.1. The Labute approximate surface area is 95.6 Å². The van der Waals surface area contributed by atoms with E-state index in [2.05, 4.69) is 17.4 Å². The van der Waals surface area contributed by atoms with Crippen LogP contribution in [0.25, 0.3) is 0 Å². The van der Waals surface area contributed by atoms with Crippen molar-refractivity contribution in [2.75, 3.05) is 19.0 Å². The van der Waals surface area contributed by atoms with Gasteiger partial charge in [0.2, 0.25) is 0 Å². The molecule has 1 heterocycles. The molecule has 0 bridgehead atoms. The summed E-state index contributed by atoms with van der Waals surface area (Å²) >= 11 is 5.60. The Morgan fingerprint density at radius 3 is 3.07 bits per heavy atom. The first-order valence-electron chi connectivity index (χ1n) is 5.41. The monoisotopic (exact) mass is 225 g/mol. The summed E-state index contributed by atoms with van der Waals surface area (Å²) in [4.78, 5) is 0. The van der Waals surface area contributed by atoms with Crippen molar-refractivity contribution in [3.8, 4) is 5.75 Å². The van der Waals surface area contributed by atoms with Crippen molar-refractivity contribution in [2.24, 2.45) is 0 Å². The van der Waals surface area contributed by atoms with E-state index in [-0.39, 0.29) is 6.10 Å². The molecule has 1 aromatic rings. The van der Waals surface area contributed by atoms with Gasteiger partial charge in [-0.15, -0.1) is 11.6 Å². The van der Waals surface area contributed by atoms with Gasteiger partial charge in [-0.2, -0.15) is 0 Å². The van der Waals surface area contributed by atoms with Crippen molar-refractivity contribution >= 4 is 11.6 Å². The van der Waals surface area contributed by atoms with Gasteiger partial charge in [0.25, 0.3) is 0 Å². The largest absolute Gasteiger partial charge is 0.488 e. The molecule has 1 aliphatic rings. The van der Waals surface area contributed by atoms with E-state index in [0.29, 0.717) is 0 Å². The Kier molecular flexibility index (Phi) is 3.87. The van der Waals surface area contributed by atoms with Crippen LogP contribution in [-0.2, 0) is 6.42 Å². The molecule has 1 unspecified atom stereocenters. The average Bonchev–Trinajstić information content (AvgIpc) is 2.67. The lowest BCUT2D eigenvalue weighted by Gasteiger charge is -2.11. The van der Waals surface area contributed by atoms with Gasteiger partial charge in [0.05, 0.1) is 0 Å². The number of benzene rings is 1. The van der Waals surface area contributed by atoms with Gasteiger partial charge in [-0.3, -0.25) is 0 Å². The molecule has 0 radical (unpaired) electrons. The fourth-order valence-corrected chi connectivity index (χ4v) is 1.96. The van der Waals surface area contributed by atoms with Crippen LogP contribution in [0.2, 0.25) is 0 Å². The summed E-state index contributed by atoms with van der Waals surface area (Å²) < 4.78 is 5.79. The molecule has 3 heteroatoms. The zero-order valence-electron chi connectivity index (χ0n) is 8.71. The number of fused-ring (bicyclic) bond motifs is 1. The summed E-state index contributed by atoms with van der Waals surface area (Å²) in [6.07, 6.45) is 2.32. The molecule has 1 aliphatic heterocycles. The highest BCUT2D eigenvalue weighted by molar-refractivity contribution is 6.17. The van der Waals surface area contributed by atoms with Crippen molar-refractivity contribution in [1.82, 2.24) is 5.32 Å². The number of ether oxygens (including phenoxy) is 1. The molecule has 0 saturated heterocycles. The minimum atomic E-state index is 0.290. The minimum Gasteiger partial charge on any atom is -0.488 e. The summed E-state index contributed by atoms with van der Waals surface area (Å²) in [5.41, 5.74) is 1.32. The summed E-state index contributed by atoms with van der Waals surface area (Å²) in [6, 6.07) is 8.25. The lowest BCUT2D eigenvalue weighted by molar-refractivity contribution is 0.228. The molecule has 0 aliphatic carbocycles. The van der Waals surface area contributed by atoms with Crippen molar-refractivity contribution in [3.05, 3.63) is 29.8 Å². The van der Waals surface area contributed by atoms with Crippen LogP contribution in [0.15, 0.2) is 24.3 Å². The first-order chi connectivity index (χ1) is 7.40. The van der Waals surface area contributed by atoms with E-state index in [1.807, 2.05) is 12.1 Å². The van der Waals surface area contributed by atoms with Crippen molar-refractivity contribution in [3.63, 3.8) is 0 Å². The molecule has 1 atom stereocenters. The number of hydrogen-bond acceptors (Lipinski definition) is 2. The number of alkyl halides is 1. The SMILES string of the molecule is ClCCCNCC1Cc2ccccc2O1. The third kappa shape index (κ3) is 2.86. The second kappa shape index (κ2) is 5.38. The van der Waals surface area contributed by atoms with Gasteiger partial charge in [-0.05, 0) is 24.6 Å². The van der Waals surface area contributed by atoms with E-state index in [9.17, 15) is 0 Å². The Balaban J connectivity index is 1.76. The molecular weight excluding hydrogens is 210 g/mol. The van der Waals surface area contributed by atoms with E-state index in [1.54, 1.807) is 0 Å². The quantitative estimate of drug-likeness (QED) is 0.613. The molecule has 0 saturated carbocycles. The first kappa shape index (κ1) is 10.8. The van der Waals surface area contributed by atoms with E-state index in [0.717, 1.165) is 37.6 Å². The highest BCUT2D eigenvalue weighted by atomic mass is 35.5. The molecule has 15 heavy (non-hydrogen) atoms. The predicted molar refractivity (Wildman–Crippen MR) is 62.8 cm³/mol. The summed E-state index contributed by atoms with van der Waals surface area (Å²) in [6.45, 7) is 1.88. The Morgan fingerprint density at radius 2 is 2.27 bits per heavy atom. The van der Waals surface area contributed by atoms with Gasteiger partial charge in [-0.25, -0.2) is 0 Å². The van der Waals surface area contributed by atoms with Crippen LogP contribution in [0.4, 0.5) is 0 Å². The zero-order valence-corrected chi connectivity index (χ0v) is 9.46. The van der Waals surface area contributed by atoms with Crippen LogP contribution in [0.1, 0.15) is 12.0 Å². The average molecular weight is 226 g/mol. The van der Waals surface area contributed by atoms with E-state index >= 15 is 0 Å². The van der Waals surface area contributed by atoms with E-state index in [4.69, 9.17) is 16.3 Å². The number of halogens is 1. The van der Waals surface area contributed by atoms with E-state index in [1.165, 1.54) is 5.56 Å². The molecule has 2 rings (SSSR count). The molecule has 0 aromatic heterocycles. The molecule has 0 amide bonds. The van der Waals surface area contributed by atoms with Gasteiger partial charge >= 0.3 is 0 Å². The van der Waals surface area contributed by atoms with Crippen molar-refractivity contribution < 1.29 is 4.74 Å². The molecule has 1 aromatic carbocycles. The fourth-order valence-electron chi connectivity index (χ4n) is 1.82. The maximum Gasteiger partial charge on any atom is 0.123 e. The second-order valence-electron chi connectivity index (χ2n) is 3.80. The van der Waals surface area contributed by atoms with Crippen LogP contribution in [0.3, 0.4) is 0 Å². The van der Waals surface area contributed by atoms with Gasteiger partial charge in [0, 0.05) is 18.8 Å². The van der Waals surface area contributed by atoms with Crippen LogP contribution in [0, 0.1) is 0 Å². The highest BCUT2D eigenvalue weighted by Gasteiger charge is 2.21. The number of hydrogen-bond donors (Lipinski definition) is 1. The Morgan fingerprint density at radius 1 is 1.40 bits per heavy atom. The van der Waals surface area contributed by atoms with Crippen molar-refractivity contribution in [2.45, 2.75) is 18.9 Å². The van der Waals surface area contributed by atoms with Gasteiger partial charge in [-0.1, -0.05) is 18.2 Å². The number of rotatable bonds is 5. The topological polar surface area (TPSA) is 21.3 Å². The second-order valence-corrected chi connectivity index (χ2v) is 4.18. The van der Waals surface area contributed by atoms with Gasteiger partial charge < -0.3 is 10.1 Å². The molecule has 0 fully saturated rings. The predicted octanol–water partition coefficient (Wildman–Crippen LogP) is 2.21. The fraction of sp³-hybridized carbons (Fsp3) is 0.500. The number of nitrogens with one attached hydrogen (secondary N) is 1. The molecule has 82 valence electrons. The summed E-state index contributed by atoms with van der Waals surface area (Å²) in [7, 11) is 0. The Hall–Kier alpha value is -0.730. The van der Waals surface area contributed by atoms with E-state index < -0.39 is 0 Å². The van der Waals surface area contributed by atoms with Crippen molar-refractivity contribution in [1.29, 1.82) is 0 Å². The van der Waals surface area contributed by atoms with Gasteiger partial charge in [0.15, 0.2) is 0 Å². The molecule has 0 spiro atoms. The third-order valence-corrected chi connectivity index (χ3v) is 2.84.